The molecule has 3 heteroatoms. The number of fused-ring (bicyclic) bond motifs is 1. The number of likely N-dealkylation sites (N-methyl/N-ethyl adjacent to an activating group) is 1. The van der Waals surface area contributed by atoms with Crippen molar-refractivity contribution in [1.82, 2.24) is 15.2 Å². The Morgan fingerprint density at radius 2 is 1.95 bits per heavy atom. The fourth-order valence-electron chi connectivity index (χ4n) is 2.21. The summed E-state index contributed by atoms with van der Waals surface area (Å²) in [5, 5.41) is 4.80. The lowest BCUT2D eigenvalue weighted by molar-refractivity contribution is 0.301. The van der Waals surface area contributed by atoms with E-state index in [0.29, 0.717) is 0 Å². The average molecular weight is 259 g/mol. The maximum Gasteiger partial charge on any atom is 0.0456 e. The largest absolute Gasteiger partial charge is 0.357 e. The van der Waals surface area contributed by atoms with Gasteiger partial charge in [0.05, 0.1) is 0 Å². The highest BCUT2D eigenvalue weighted by Gasteiger charge is 2.09. The zero-order valence-electron chi connectivity index (χ0n) is 12.5. The van der Waals surface area contributed by atoms with Gasteiger partial charge in [-0.05, 0) is 45.3 Å². The second-order valence-corrected chi connectivity index (χ2v) is 6.30. The molecule has 0 aliphatic heterocycles. The Morgan fingerprint density at radius 1 is 1.21 bits per heavy atom. The Bertz CT molecular complexity index is 489. The van der Waals surface area contributed by atoms with Crippen molar-refractivity contribution < 1.29 is 0 Å². The first-order valence-electron chi connectivity index (χ1n) is 6.94. The number of nitrogens with one attached hydrogen (secondary N) is 2. The summed E-state index contributed by atoms with van der Waals surface area (Å²) in [6, 6.07) is 10.7. The Balaban J connectivity index is 1.86. The average Bonchev–Trinajstić information content (AvgIpc) is 2.68. The molecule has 0 radical (unpaired) electrons. The molecule has 1 aromatic carbocycles. The van der Waals surface area contributed by atoms with E-state index in [0.717, 1.165) is 19.6 Å². The van der Waals surface area contributed by atoms with Crippen molar-refractivity contribution in [2.24, 2.45) is 0 Å². The Morgan fingerprint density at radius 3 is 2.63 bits per heavy atom. The normalized spacial score (nSPS) is 12.5. The Labute approximate surface area is 116 Å². The summed E-state index contributed by atoms with van der Waals surface area (Å²) >= 11 is 0. The molecule has 0 atom stereocenters. The second-order valence-electron chi connectivity index (χ2n) is 6.30. The van der Waals surface area contributed by atoms with Crippen molar-refractivity contribution in [3.8, 4) is 0 Å². The summed E-state index contributed by atoms with van der Waals surface area (Å²) in [6.07, 6.45) is 0. The summed E-state index contributed by atoms with van der Waals surface area (Å²) in [5.41, 5.74) is 2.69. The molecule has 0 aliphatic carbocycles. The number of hydrogen-bond acceptors (Lipinski definition) is 2. The highest BCUT2D eigenvalue weighted by Crippen LogP contribution is 2.15. The molecule has 0 bridgehead atoms. The molecule has 1 aromatic heterocycles. The number of aromatic amines is 1. The van der Waals surface area contributed by atoms with Crippen LogP contribution in [0.4, 0.5) is 0 Å². The molecule has 0 saturated carbocycles. The zero-order chi connectivity index (χ0) is 13.9. The minimum absolute atomic E-state index is 0.196. The first-order chi connectivity index (χ1) is 8.94. The molecule has 0 spiro atoms. The molecule has 0 fully saturated rings. The lowest BCUT2D eigenvalue weighted by Gasteiger charge is -2.23. The molecule has 0 amide bonds. The summed E-state index contributed by atoms with van der Waals surface area (Å²) in [5.74, 6) is 0. The topological polar surface area (TPSA) is 31.1 Å². The number of rotatable bonds is 5. The predicted molar refractivity (Wildman–Crippen MR) is 82.4 cm³/mol. The minimum atomic E-state index is 0.196. The van der Waals surface area contributed by atoms with Gasteiger partial charge in [0.2, 0.25) is 0 Å². The number of H-pyrrole nitrogens is 1. The van der Waals surface area contributed by atoms with Crippen LogP contribution in [0.2, 0.25) is 0 Å². The monoisotopic (exact) mass is 259 g/mol. The van der Waals surface area contributed by atoms with E-state index in [1.165, 1.54) is 16.6 Å². The van der Waals surface area contributed by atoms with Gasteiger partial charge in [0, 0.05) is 36.4 Å². The van der Waals surface area contributed by atoms with Gasteiger partial charge in [-0.3, -0.25) is 4.90 Å². The highest BCUT2D eigenvalue weighted by atomic mass is 15.1. The van der Waals surface area contributed by atoms with Crippen molar-refractivity contribution in [2.75, 3.05) is 20.1 Å². The number of para-hydroxylation sites is 1. The summed E-state index contributed by atoms with van der Waals surface area (Å²) in [6.45, 7) is 9.62. The summed E-state index contributed by atoms with van der Waals surface area (Å²) in [4.78, 5) is 5.81. The van der Waals surface area contributed by atoms with Gasteiger partial charge in [-0.15, -0.1) is 0 Å². The third kappa shape index (κ3) is 4.37. The smallest absolute Gasteiger partial charge is 0.0456 e. The van der Waals surface area contributed by atoms with Crippen LogP contribution in [0.25, 0.3) is 10.9 Å². The van der Waals surface area contributed by atoms with E-state index in [4.69, 9.17) is 0 Å². The number of nitrogens with zero attached hydrogens (tertiary/aromatic N) is 1. The molecule has 1 heterocycles. The molecule has 104 valence electrons. The first-order valence-corrected chi connectivity index (χ1v) is 6.94. The van der Waals surface area contributed by atoms with Crippen molar-refractivity contribution in [1.29, 1.82) is 0 Å². The molecule has 2 N–H and O–H groups in total. The van der Waals surface area contributed by atoms with Gasteiger partial charge in [0.25, 0.3) is 0 Å². The molecular weight excluding hydrogens is 234 g/mol. The van der Waals surface area contributed by atoms with Gasteiger partial charge in [-0.25, -0.2) is 0 Å². The van der Waals surface area contributed by atoms with Crippen LogP contribution in [0.5, 0.6) is 0 Å². The third-order valence-corrected chi connectivity index (χ3v) is 3.17. The van der Waals surface area contributed by atoms with Gasteiger partial charge in [-0.2, -0.15) is 0 Å². The fraction of sp³-hybridized carbons (Fsp3) is 0.500. The molecule has 19 heavy (non-hydrogen) atoms. The van der Waals surface area contributed by atoms with Gasteiger partial charge < -0.3 is 10.3 Å². The Kier molecular flexibility index (Phi) is 4.27. The van der Waals surface area contributed by atoms with Gasteiger partial charge >= 0.3 is 0 Å². The second kappa shape index (κ2) is 5.76. The van der Waals surface area contributed by atoms with Crippen molar-refractivity contribution in [2.45, 2.75) is 32.9 Å². The molecule has 2 aromatic rings. The zero-order valence-corrected chi connectivity index (χ0v) is 12.5. The molecule has 3 nitrogen and oxygen atoms in total. The van der Waals surface area contributed by atoms with E-state index in [2.05, 4.69) is 73.4 Å². The van der Waals surface area contributed by atoms with E-state index < -0.39 is 0 Å². The highest BCUT2D eigenvalue weighted by molar-refractivity contribution is 5.80. The quantitative estimate of drug-likeness (QED) is 0.865. The lowest BCUT2D eigenvalue weighted by atomic mass is 10.1. The van der Waals surface area contributed by atoms with E-state index in [1.54, 1.807) is 0 Å². The van der Waals surface area contributed by atoms with Crippen LogP contribution in [-0.4, -0.2) is 35.6 Å². The molecular formula is C16H25N3. The van der Waals surface area contributed by atoms with E-state index in [-0.39, 0.29) is 5.54 Å². The minimum Gasteiger partial charge on any atom is -0.357 e. The maximum absolute atomic E-state index is 3.51. The van der Waals surface area contributed by atoms with Crippen molar-refractivity contribution in [3.05, 3.63) is 36.0 Å². The number of hydrogen-bond donors (Lipinski definition) is 2. The van der Waals surface area contributed by atoms with Crippen LogP contribution in [0.15, 0.2) is 30.3 Å². The predicted octanol–water partition coefficient (Wildman–Crippen LogP) is 2.99. The van der Waals surface area contributed by atoms with E-state index >= 15 is 0 Å². The summed E-state index contributed by atoms with van der Waals surface area (Å²) in [7, 11) is 2.16. The first kappa shape index (κ1) is 14.1. The van der Waals surface area contributed by atoms with Crippen LogP contribution in [0, 0.1) is 0 Å². The standard InChI is InChI=1S/C16H25N3/c1-16(2,3)17-9-10-19(4)12-14-11-13-7-5-6-8-15(13)18-14/h5-8,11,17-18H,9-10,12H2,1-4H3. The number of aromatic nitrogens is 1. The maximum atomic E-state index is 3.51. The molecule has 2 rings (SSSR count). The van der Waals surface area contributed by atoms with E-state index in [1.807, 2.05) is 0 Å². The van der Waals surface area contributed by atoms with Crippen LogP contribution in [-0.2, 0) is 6.54 Å². The van der Waals surface area contributed by atoms with Gasteiger partial charge in [-0.1, -0.05) is 18.2 Å². The van der Waals surface area contributed by atoms with Gasteiger partial charge in [0.15, 0.2) is 0 Å². The molecule has 0 unspecified atom stereocenters. The van der Waals surface area contributed by atoms with E-state index in [9.17, 15) is 0 Å². The summed E-state index contributed by atoms with van der Waals surface area (Å²) < 4.78 is 0. The van der Waals surface area contributed by atoms with Crippen molar-refractivity contribution >= 4 is 10.9 Å². The third-order valence-electron chi connectivity index (χ3n) is 3.17. The van der Waals surface area contributed by atoms with Crippen molar-refractivity contribution in [3.63, 3.8) is 0 Å². The fourth-order valence-corrected chi connectivity index (χ4v) is 2.21. The van der Waals surface area contributed by atoms with Crippen LogP contribution in [0.3, 0.4) is 0 Å². The Hall–Kier alpha value is -1.32. The molecule has 0 saturated heterocycles. The number of benzene rings is 1. The van der Waals surface area contributed by atoms with Crippen LogP contribution >= 0.6 is 0 Å². The lowest BCUT2D eigenvalue weighted by Crippen LogP contribution is -2.40. The van der Waals surface area contributed by atoms with Gasteiger partial charge in [0.1, 0.15) is 0 Å². The van der Waals surface area contributed by atoms with Crippen LogP contribution < -0.4 is 5.32 Å². The molecule has 0 aliphatic rings. The SMILES string of the molecule is CN(CCNC(C)(C)C)Cc1cc2ccccc2[nH]1. The van der Waals surface area contributed by atoms with Crippen LogP contribution in [0.1, 0.15) is 26.5 Å².